The molecule has 0 bridgehead atoms. The Balaban J connectivity index is 1.88. The van der Waals surface area contributed by atoms with Gasteiger partial charge < -0.3 is 10.4 Å². The number of aromatic amines is 1. The summed E-state index contributed by atoms with van der Waals surface area (Å²) in [4.78, 5) is 14.7. The summed E-state index contributed by atoms with van der Waals surface area (Å²) >= 11 is 0. The van der Waals surface area contributed by atoms with Crippen molar-refractivity contribution in [3.63, 3.8) is 0 Å². The normalized spacial score (nSPS) is 10.3. The number of hydrogen-bond donors (Lipinski definition) is 3. The Bertz CT molecular complexity index is 798. The molecule has 0 saturated carbocycles. The molecule has 3 N–H and O–H groups in total. The third-order valence-electron chi connectivity index (χ3n) is 2.87. The summed E-state index contributed by atoms with van der Waals surface area (Å²) in [6.45, 7) is 0. The molecule has 3 rings (SSSR count). The number of anilines is 2. The Morgan fingerprint density at radius 1 is 0.952 bits per heavy atom. The number of aromatic nitrogens is 3. The summed E-state index contributed by atoms with van der Waals surface area (Å²) in [6.07, 6.45) is 0. The second-order valence-electron chi connectivity index (χ2n) is 4.39. The van der Waals surface area contributed by atoms with Crippen molar-refractivity contribution in [3.8, 4) is 17.0 Å². The van der Waals surface area contributed by atoms with Crippen LogP contribution in [0.15, 0.2) is 59.4 Å². The number of nitrogens with one attached hydrogen (secondary N) is 2. The van der Waals surface area contributed by atoms with Crippen molar-refractivity contribution in [3.05, 3.63) is 65.0 Å². The van der Waals surface area contributed by atoms with E-state index in [2.05, 4.69) is 20.5 Å². The minimum atomic E-state index is -0.322. The first-order valence-corrected chi connectivity index (χ1v) is 6.31. The Labute approximate surface area is 120 Å². The fourth-order valence-electron chi connectivity index (χ4n) is 1.86. The van der Waals surface area contributed by atoms with Crippen molar-refractivity contribution in [2.24, 2.45) is 0 Å². The zero-order valence-corrected chi connectivity index (χ0v) is 10.9. The Kier molecular flexibility index (Phi) is 3.34. The zero-order valence-electron chi connectivity index (χ0n) is 10.9. The third-order valence-corrected chi connectivity index (χ3v) is 2.87. The van der Waals surface area contributed by atoms with Crippen molar-refractivity contribution in [2.45, 2.75) is 0 Å². The maximum Gasteiger partial charge on any atom is 0.279 e. The highest BCUT2D eigenvalue weighted by Crippen LogP contribution is 2.16. The number of rotatable bonds is 3. The average molecular weight is 280 g/mol. The summed E-state index contributed by atoms with van der Waals surface area (Å²) in [7, 11) is 0. The van der Waals surface area contributed by atoms with E-state index in [9.17, 15) is 9.90 Å². The number of H-pyrrole nitrogens is 1. The first kappa shape index (κ1) is 12.9. The van der Waals surface area contributed by atoms with E-state index in [1.165, 1.54) is 12.1 Å². The van der Waals surface area contributed by atoms with E-state index in [-0.39, 0.29) is 23.0 Å². The van der Waals surface area contributed by atoms with E-state index in [0.29, 0.717) is 11.3 Å². The van der Waals surface area contributed by atoms with E-state index in [0.717, 1.165) is 0 Å². The van der Waals surface area contributed by atoms with Gasteiger partial charge in [-0.1, -0.05) is 30.3 Å². The van der Waals surface area contributed by atoms with Crippen molar-refractivity contribution in [2.75, 3.05) is 5.32 Å². The van der Waals surface area contributed by atoms with Crippen LogP contribution in [0.5, 0.6) is 5.75 Å². The van der Waals surface area contributed by atoms with Gasteiger partial charge in [0.05, 0.1) is 0 Å². The summed E-state index contributed by atoms with van der Waals surface area (Å²) in [5, 5.41) is 20.0. The van der Waals surface area contributed by atoms with E-state index >= 15 is 0 Å². The second-order valence-corrected chi connectivity index (χ2v) is 4.39. The fourth-order valence-corrected chi connectivity index (χ4v) is 1.86. The average Bonchev–Trinajstić information content (AvgIpc) is 2.51. The third kappa shape index (κ3) is 2.89. The van der Waals surface area contributed by atoms with Gasteiger partial charge in [0.25, 0.3) is 5.56 Å². The number of benzene rings is 2. The lowest BCUT2D eigenvalue weighted by Gasteiger charge is -2.05. The van der Waals surface area contributed by atoms with Crippen LogP contribution >= 0.6 is 0 Å². The molecule has 3 aromatic rings. The summed E-state index contributed by atoms with van der Waals surface area (Å²) in [6, 6.07) is 15.5. The molecule has 2 aromatic carbocycles. The lowest BCUT2D eigenvalue weighted by atomic mass is 10.2. The minimum Gasteiger partial charge on any atom is -0.508 e. The monoisotopic (exact) mass is 280 g/mol. The highest BCUT2D eigenvalue weighted by molar-refractivity contribution is 5.59. The first-order chi connectivity index (χ1) is 10.2. The van der Waals surface area contributed by atoms with Crippen molar-refractivity contribution < 1.29 is 5.11 Å². The van der Waals surface area contributed by atoms with Crippen LogP contribution in [0.4, 0.5) is 11.6 Å². The highest BCUT2D eigenvalue weighted by Gasteiger charge is 2.07. The van der Waals surface area contributed by atoms with E-state index in [4.69, 9.17) is 0 Å². The van der Waals surface area contributed by atoms with Crippen LogP contribution in [-0.2, 0) is 0 Å². The molecule has 0 radical (unpaired) electrons. The Hall–Kier alpha value is -3.15. The molecule has 0 amide bonds. The molecule has 0 unspecified atom stereocenters. The molecule has 0 aliphatic heterocycles. The fraction of sp³-hybridized carbons (Fsp3) is 0. The number of nitrogens with zero attached hydrogens (tertiary/aromatic N) is 2. The van der Waals surface area contributed by atoms with Crippen LogP contribution in [0.1, 0.15) is 0 Å². The molecule has 0 atom stereocenters. The lowest BCUT2D eigenvalue weighted by molar-refractivity contribution is 0.475. The number of hydrogen-bond acceptors (Lipinski definition) is 5. The standard InChI is InChI=1S/C15H12N4O2/c20-12-8-6-11(7-9-12)16-15-17-14(21)13(18-19-15)10-4-2-1-3-5-10/h1-9,20H,(H2,16,17,19,21). The molecule has 1 aromatic heterocycles. The maximum absolute atomic E-state index is 12.0. The van der Waals surface area contributed by atoms with Gasteiger partial charge >= 0.3 is 0 Å². The Morgan fingerprint density at radius 2 is 1.67 bits per heavy atom. The van der Waals surface area contributed by atoms with E-state index in [1.54, 1.807) is 24.3 Å². The van der Waals surface area contributed by atoms with Crippen LogP contribution in [0.25, 0.3) is 11.3 Å². The van der Waals surface area contributed by atoms with Gasteiger partial charge in [-0.15, -0.1) is 10.2 Å². The summed E-state index contributed by atoms with van der Waals surface area (Å²) in [5.74, 6) is 0.407. The molecule has 0 saturated heterocycles. The van der Waals surface area contributed by atoms with Crippen LogP contribution < -0.4 is 10.9 Å². The van der Waals surface area contributed by atoms with Crippen LogP contribution in [0.2, 0.25) is 0 Å². The topological polar surface area (TPSA) is 90.9 Å². The molecule has 104 valence electrons. The summed E-state index contributed by atoms with van der Waals surface area (Å²) < 4.78 is 0. The number of phenolic OH excluding ortho intramolecular Hbond substituents is 1. The van der Waals surface area contributed by atoms with Crippen molar-refractivity contribution in [1.82, 2.24) is 15.2 Å². The van der Waals surface area contributed by atoms with E-state index in [1.807, 2.05) is 18.2 Å². The largest absolute Gasteiger partial charge is 0.508 e. The molecule has 0 aliphatic carbocycles. The van der Waals surface area contributed by atoms with Crippen LogP contribution in [0.3, 0.4) is 0 Å². The molecular weight excluding hydrogens is 268 g/mol. The van der Waals surface area contributed by atoms with Gasteiger partial charge in [0, 0.05) is 11.3 Å². The lowest BCUT2D eigenvalue weighted by Crippen LogP contribution is -2.15. The van der Waals surface area contributed by atoms with Gasteiger partial charge in [-0.25, -0.2) is 0 Å². The number of aromatic hydroxyl groups is 1. The van der Waals surface area contributed by atoms with Gasteiger partial charge in [0.2, 0.25) is 5.95 Å². The smallest absolute Gasteiger partial charge is 0.279 e. The minimum absolute atomic E-state index is 0.166. The molecule has 0 fully saturated rings. The zero-order chi connectivity index (χ0) is 14.7. The van der Waals surface area contributed by atoms with Crippen molar-refractivity contribution in [1.29, 1.82) is 0 Å². The molecule has 1 heterocycles. The second kappa shape index (κ2) is 5.46. The van der Waals surface area contributed by atoms with Gasteiger partial charge in [0.15, 0.2) is 5.69 Å². The summed E-state index contributed by atoms with van der Waals surface area (Å²) in [5.41, 5.74) is 1.34. The Morgan fingerprint density at radius 3 is 2.33 bits per heavy atom. The van der Waals surface area contributed by atoms with Gasteiger partial charge in [-0.3, -0.25) is 9.78 Å². The van der Waals surface area contributed by atoms with E-state index < -0.39 is 0 Å². The molecule has 6 heteroatoms. The van der Waals surface area contributed by atoms with Crippen LogP contribution in [-0.4, -0.2) is 20.3 Å². The predicted molar refractivity (Wildman–Crippen MR) is 79.5 cm³/mol. The number of phenols is 1. The predicted octanol–water partition coefficient (Wildman–Crippen LogP) is 2.28. The van der Waals surface area contributed by atoms with Crippen molar-refractivity contribution >= 4 is 11.6 Å². The first-order valence-electron chi connectivity index (χ1n) is 6.31. The molecule has 21 heavy (non-hydrogen) atoms. The van der Waals surface area contributed by atoms with Gasteiger partial charge in [0.1, 0.15) is 5.75 Å². The van der Waals surface area contributed by atoms with Gasteiger partial charge in [-0.05, 0) is 24.3 Å². The van der Waals surface area contributed by atoms with Gasteiger partial charge in [-0.2, -0.15) is 0 Å². The maximum atomic E-state index is 12.0. The molecular formula is C15H12N4O2. The SMILES string of the molecule is O=c1[nH]c(Nc2ccc(O)cc2)nnc1-c1ccccc1. The molecule has 0 aliphatic rings. The molecule has 6 nitrogen and oxygen atoms in total. The highest BCUT2D eigenvalue weighted by atomic mass is 16.3. The molecule has 0 spiro atoms. The quantitative estimate of drug-likeness (QED) is 0.640. The van der Waals surface area contributed by atoms with Crippen LogP contribution in [0, 0.1) is 0 Å².